The molecule has 2 aliphatic heterocycles. The molecule has 7 nitrogen and oxygen atoms in total. The van der Waals surface area contributed by atoms with Crippen molar-refractivity contribution in [3.05, 3.63) is 40.3 Å². The van der Waals surface area contributed by atoms with Crippen molar-refractivity contribution < 1.29 is 4.74 Å². The molecule has 2 saturated heterocycles. The zero-order chi connectivity index (χ0) is 21.8. The van der Waals surface area contributed by atoms with E-state index in [0.29, 0.717) is 35.1 Å². The number of ether oxygens (including phenoxy) is 1. The van der Waals surface area contributed by atoms with E-state index in [2.05, 4.69) is 33.3 Å². The molecule has 1 saturated carbocycles. The number of rotatable bonds is 5. The summed E-state index contributed by atoms with van der Waals surface area (Å²) in [4.78, 5) is 11.8. The van der Waals surface area contributed by atoms with Gasteiger partial charge in [-0.3, -0.25) is 4.90 Å². The Morgan fingerprint density at radius 1 is 1.09 bits per heavy atom. The summed E-state index contributed by atoms with van der Waals surface area (Å²) in [6.07, 6.45) is 7.99. The number of benzene rings is 1. The molecule has 9 heteroatoms. The van der Waals surface area contributed by atoms with E-state index in [4.69, 9.17) is 32.9 Å². The number of hydrogen-bond donors (Lipinski definition) is 1. The monoisotopic (exact) mass is 472 g/mol. The summed E-state index contributed by atoms with van der Waals surface area (Å²) in [5.41, 5.74) is 2.79. The lowest BCUT2D eigenvalue weighted by molar-refractivity contribution is -0.0862. The van der Waals surface area contributed by atoms with Crippen molar-refractivity contribution >= 4 is 45.7 Å². The molecule has 1 aliphatic carbocycles. The average Bonchev–Trinajstić information content (AvgIpc) is 3.52. The Balaban J connectivity index is 1.24. The largest absolute Gasteiger partial charge is 0.378 e. The van der Waals surface area contributed by atoms with Gasteiger partial charge in [0.05, 0.1) is 42.7 Å². The first-order chi connectivity index (χ1) is 15.6. The van der Waals surface area contributed by atoms with Crippen LogP contribution in [0.3, 0.4) is 0 Å². The van der Waals surface area contributed by atoms with Crippen molar-refractivity contribution in [2.75, 3.05) is 25.1 Å². The highest BCUT2D eigenvalue weighted by atomic mass is 35.5. The van der Waals surface area contributed by atoms with Crippen LogP contribution >= 0.6 is 23.2 Å². The zero-order valence-corrected chi connectivity index (χ0v) is 19.5. The van der Waals surface area contributed by atoms with Gasteiger partial charge in [0.2, 0.25) is 5.95 Å². The van der Waals surface area contributed by atoms with E-state index in [1.807, 2.05) is 10.7 Å². The first kappa shape index (κ1) is 20.7. The fourth-order valence-electron chi connectivity index (χ4n) is 5.00. The van der Waals surface area contributed by atoms with Crippen LogP contribution in [0.1, 0.15) is 50.1 Å². The molecule has 3 fully saturated rings. The van der Waals surface area contributed by atoms with E-state index >= 15 is 0 Å². The fraction of sp³-hybridized carbons (Fsp3) is 0.522. The lowest BCUT2D eigenvalue weighted by Crippen LogP contribution is -2.55. The van der Waals surface area contributed by atoms with E-state index in [1.54, 1.807) is 12.4 Å². The Bertz CT molecular complexity index is 1160. The number of piperidine rings is 1. The lowest BCUT2D eigenvalue weighted by atomic mass is 9.84. The van der Waals surface area contributed by atoms with Crippen molar-refractivity contribution in [1.29, 1.82) is 0 Å². The average molecular weight is 473 g/mol. The number of aromatic nitrogens is 4. The number of nitrogens with zero attached hydrogens (tertiary/aromatic N) is 5. The van der Waals surface area contributed by atoms with Gasteiger partial charge in [0, 0.05) is 22.6 Å². The Morgan fingerprint density at radius 3 is 2.66 bits per heavy atom. The minimum atomic E-state index is 0.422. The van der Waals surface area contributed by atoms with Gasteiger partial charge in [-0.25, -0.2) is 14.6 Å². The Hall–Kier alpha value is -1.93. The van der Waals surface area contributed by atoms with Gasteiger partial charge in [-0.05, 0) is 62.8 Å². The van der Waals surface area contributed by atoms with Crippen LogP contribution in [-0.2, 0) is 4.74 Å². The molecule has 3 aliphatic rings. The topological polar surface area (TPSA) is 68.1 Å². The highest BCUT2D eigenvalue weighted by Crippen LogP contribution is 2.40. The normalized spacial score (nSPS) is 24.6. The van der Waals surface area contributed by atoms with E-state index in [1.165, 1.54) is 5.56 Å². The molecule has 2 aromatic heterocycles. The number of hydrogen-bond acceptors (Lipinski definition) is 6. The molecule has 1 aromatic carbocycles. The molecule has 32 heavy (non-hydrogen) atoms. The van der Waals surface area contributed by atoms with E-state index in [-0.39, 0.29) is 0 Å². The van der Waals surface area contributed by atoms with E-state index in [0.717, 1.165) is 67.1 Å². The van der Waals surface area contributed by atoms with E-state index in [9.17, 15) is 0 Å². The van der Waals surface area contributed by atoms with Gasteiger partial charge >= 0.3 is 0 Å². The van der Waals surface area contributed by atoms with Crippen molar-refractivity contribution in [2.45, 2.75) is 56.7 Å². The summed E-state index contributed by atoms with van der Waals surface area (Å²) in [6.45, 7) is 5.12. The Kier molecular flexibility index (Phi) is 5.25. The van der Waals surface area contributed by atoms with Crippen LogP contribution in [0.4, 0.5) is 11.6 Å². The van der Waals surface area contributed by atoms with Crippen LogP contribution in [0.15, 0.2) is 24.5 Å². The SMILES string of the molecule is CC1CC(c2cc3nc(Nc4cnn(C5CC5)c4Cl)ncc3cc2Cl)CCN1C1COC1. The van der Waals surface area contributed by atoms with Gasteiger partial charge in [0.15, 0.2) is 5.15 Å². The summed E-state index contributed by atoms with van der Waals surface area (Å²) in [5.74, 6) is 0.938. The van der Waals surface area contributed by atoms with Crippen LogP contribution in [0.2, 0.25) is 10.2 Å². The van der Waals surface area contributed by atoms with Gasteiger partial charge < -0.3 is 10.1 Å². The molecule has 2 atom stereocenters. The van der Waals surface area contributed by atoms with Gasteiger partial charge in [-0.2, -0.15) is 5.10 Å². The molecule has 168 valence electrons. The van der Waals surface area contributed by atoms with Gasteiger partial charge in [0.25, 0.3) is 0 Å². The number of anilines is 2. The van der Waals surface area contributed by atoms with E-state index < -0.39 is 0 Å². The summed E-state index contributed by atoms with van der Waals surface area (Å²) >= 11 is 13.2. The second-order valence-electron chi connectivity index (χ2n) is 9.28. The predicted molar refractivity (Wildman–Crippen MR) is 126 cm³/mol. The van der Waals surface area contributed by atoms with Crippen LogP contribution in [0.25, 0.3) is 10.9 Å². The molecule has 3 aromatic rings. The third-order valence-electron chi connectivity index (χ3n) is 7.03. The maximum absolute atomic E-state index is 6.72. The molecule has 2 unspecified atom stereocenters. The molecular formula is C23H26Cl2N6O. The molecule has 0 bridgehead atoms. The molecule has 1 N–H and O–H groups in total. The standard InChI is InChI=1S/C23H26Cl2N6O/c1-13-6-14(4-5-30(13)17-11-32-12-17)18-8-20-15(7-19(18)24)9-26-23(28-20)29-21-10-27-31(22(21)25)16-2-3-16/h7-10,13-14,16-17H,2-6,11-12H2,1H3,(H,26,28,29). The van der Waals surface area contributed by atoms with Crippen molar-refractivity contribution in [3.8, 4) is 0 Å². The summed E-state index contributed by atoms with van der Waals surface area (Å²) in [5, 5.41) is 9.96. The molecule has 4 heterocycles. The number of halogens is 2. The van der Waals surface area contributed by atoms with Crippen LogP contribution in [-0.4, -0.2) is 56.5 Å². The maximum atomic E-state index is 6.72. The highest BCUT2D eigenvalue weighted by Gasteiger charge is 2.35. The Labute approximate surface area is 197 Å². The van der Waals surface area contributed by atoms with Gasteiger partial charge in [0.1, 0.15) is 0 Å². The quantitative estimate of drug-likeness (QED) is 0.551. The lowest BCUT2D eigenvalue weighted by Gasteiger charge is -2.45. The van der Waals surface area contributed by atoms with Crippen molar-refractivity contribution in [1.82, 2.24) is 24.6 Å². The van der Waals surface area contributed by atoms with Gasteiger partial charge in [-0.15, -0.1) is 0 Å². The molecule has 0 spiro atoms. The smallest absolute Gasteiger partial charge is 0.227 e. The molecule has 0 radical (unpaired) electrons. The van der Waals surface area contributed by atoms with Crippen LogP contribution < -0.4 is 5.32 Å². The first-order valence-corrected chi connectivity index (χ1v) is 12.1. The predicted octanol–water partition coefficient (Wildman–Crippen LogP) is 5.18. The second-order valence-corrected chi connectivity index (χ2v) is 10.0. The number of likely N-dealkylation sites (tertiary alicyclic amines) is 1. The first-order valence-electron chi connectivity index (χ1n) is 11.4. The molecule has 0 amide bonds. The minimum Gasteiger partial charge on any atom is -0.378 e. The van der Waals surface area contributed by atoms with Crippen LogP contribution in [0.5, 0.6) is 0 Å². The highest BCUT2D eigenvalue weighted by molar-refractivity contribution is 6.32. The van der Waals surface area contributed by atoms with Crippen LogP contribution in [0, 0.1) is 0 Å². The second kappa shape index (κ2) is 8.13. The third kappa shape index (κ3) is 3.75. The summed E-state index contributed by atoms with van der Waals surface area (Å²) in [6, 6.07) is 5.65. The maximum Gasteiger partial charge on any atom is 0.227 e. The minimum absolute atomic E-state index is 0.422. The van der Waals surface area contributed by atoms with Crippen molar-refractivity contribution in [3.63, 3.8) is 0 Å². The summed E-state index contributed by atoms with van der Waals surface area (Å²) < 4.78 is 7.26. The summed E-state index contributed by atoms with van der Waals surface area (Å²) in [7, 11) is 0. The molecule has 6 rings (SSSR count). The van der Waals surface area contributed by atoms with Gasteiger partial charge in [-0.1, -0.05) is 23.2 Å². The number of nitrogens with one attached hydrogen (secondary N) is 1. The number of fused-ring (bicyclic) bond motifs is 1. The fourth-order valence-corrected chi connectivity index (χ4v) is 5.60. The Morgan fingerprint density at radius 2 is 1.94 bits per heavy atom. The zero-order valence-electron chi connectivity index (χ0n) is 18.0. The molecular weight excluding hydrogens is 447 g/mol. The van der Waals surface area contributed by atoms with Crippen molar-refractivity contribution in [2.24, 2.45) is 0 Å². The third-order valence-corrected chi connectivity index (χ3v) is 7.73.